The summed E-state index contributed by atoms with van der Waals surface area (Å²) in [6.07, 6.45) is 5.30. The molecule has 0 N–H and O–H groups in total. The fourth-order valence-electron chi connectivity index (χ4n) is 2.62. The number of hydrogen-bond acceptors (Lipinski definition) is 3. The first-order valence-corrected chi connectivity index (χ1v) is 7.18. The van der Waals surface area contributed by atoms with Crippen LogP contribution >= 0.6 is 11.3 Å². The first-order valence-electron chi connectivity index (χ1n) is 6.30. The largest absolute Gasteiger partial charge is 0.299 e. The minimum Gasteiger partial charge on any atom is -0.299 e. The number of benzene rings is 1. The summed E-state index contributed by atoms with van der Waals surface area (Å²) >= 11 is 1.57. The number of aromatic nitrogens is 1. The van der Waals surface area contributed by atoms with Gasteiger partial charge in [0.1, 0.15) is 5.78 Å². The van der Waals surface area contributed by atoms with E-state index in [-0.39, 0.29) is 5.92 Å². The van der Waals surface area contributed by atoms with Crippen molar-refractivity contribution < 1.29 is 4.79 Å². The van der Waals surface area contributed by atoms with Crippen molar-refractivity contribution in [3.05, 3.63) is 52.0 Å². The van der Waals surface area contributed by atoms with Crippen LogP contribution in [0, 0.1) is 5.92 Å². The minimum atomic E-state index is 0.196. The standard InChI is InChI=1S/C15H15NOS/c17-15(8-14-9-16-10-18-14)13-6-5-11-3-1-2-4-12(11)7-13/h1-4,9-10,13H,5-8H2. The van der Waals surface area contributed by atoms with E-state index in [4.69, 9.17) is 0 Å². The highest BCUT2D eigenvalue weighted by Gasteiger charge is 2.24. The van der Waals surface area contributed by atoms with E-state index < -0.39 is 0 Å². The van der Waals surface area contributed by atoms with Gasteiger partial charge in [-0.05, 0) is 30.4 Å². The smallest absolute Gasteiger partial charge is 0.141 e. The normalized spacial score (nSPS) is 18.3. The maximum atomic E-state index is 12.3. The van der Waals surface area contributed by atoms with E-state index >= 15 is 0 Å². The molecule has 18 heavy (non-hydrogen) atoms. The van der Waals surface area contributed by atoms with Crippen LogP contribution in [0.15, 0.2) is 36.0 Å². The lowest BCUT2D eigenvalue weighted by atomic mass is 9.81. The number of carbonyl (C=O) groups excluding carboxylic acids is 1. The Morgan fingerprint density at radius 2 is 2.17 bits per heavy atom. The molecule has 92 valence electrons. The summed E-state index contributed by atoms with van der Waals surface area (Å²) in [6.45, 7) is 0. The minimum absolute atomic E-state index is 0.196. The lowest BCUT2D eigenvalue weighted by Crippen LogP contribution is -2.23. The van der Waals surface area contributed by atoms with Crippen molar-refractivity contribution >= 4 is 17.1 Å². The molecule has 1 atom stereocenters. The van der Waals surface area contributed by atoms with Crippen molar-refractivity contribution in [1.82, 2.24) is 4.98 Å². The van der Waals surface area contributed by atoms with Gasteiger partial charge in [-0.1, -0.05) is 24.3 Å². The second kappa shape index (κ2) is 5.02. The third kappa shape index (κ3) is 2.36. The maximum Gasteiger partial charge on any atom is 0.141 e. The van der Waals surface area contributed by atoms with Crippen molar-refractivity contribution in [2.75, 3.05) is 0 Å². The van der Waals surface area contributed by atoms with Gasteiger partial charge in [0, 0.05) is 23.4 Å². The van der Waals surface area contributed by atoms with Gasteiger partial charge in [-0.3, -0.25) is 9.78 Å². The Labute approximate surface area is 111 Å². The van der Waals surface area contributed by atoms with Crippen LogP contribution in [0.25, 0.3) is 0 Å². The summed E-state index contributed by atoms with van der Waals surface area (Å²) in [4.78, 5) is 17.4. The van der Waals surface area contributed by atoms with E-state index in [1.807, 2.05) is 0 Å². The number of nitrogens with zero attached hydrogens (tertiary/aromatic N) is 1. The molecule has 0 amide bonds. The molecule has 3 heteroatoms. The van der Waals surface area contributed by atoms with Gasteiger partial charge in [-0.25, -0.2) is 0 Å². The predicted octanol–water partition coefficient (Wildman–Crippen LogP) is 3.06. The van der Waals surface area contributed by atoms with Gasteiger partial charge < -0.3 is 0 Å². The Morgan fingerprint density at radius 3 is 2.94 bits per heavy atom. The number of Topliss-reactive ketones (excluding diaryl/α,β-unsaturated/α-hetero) is 1. The SMILES string of the molecule is O=C(Cc1cncs1)C1CCc2ccccc2C1. The van der Waals surface area contributed by atoms with Gasteiger partial charge in [0.2, 0.25) is 0 Å². The van der Waals surface area contributed by atoms with Gasteiger partial charge in [0.25, 0.3) is 0 Å². The Bertz CT molecular complexity index is 547. The zero-order chi connectivity index (χ0) is 12.4. The van der Waals surface area contributed by atoms with Crippen molar-refractivity contribution in [2.24, 2.45) is 5.92 Å². The third-order valence-electron chi connectivity index (χ3n) is 3.63. The molecule has 0 bridgehead atoms. The number of fused-ring (bicyclic) bond motifs is 1. The average molecular weight is 257 g/mol. The molecule has 0 spiro atoms. The highest BCUT2D eigenvalue weighted by atomic mass is 32.1. The van der Waals surface area contributed by atoms with Crippen LogP contribution in [0.2, 0.25) is 0 Å². The monoisotopic (exact) mass is 257 g/mol. The van der Waals surface area contributed by atoms with Gasteiger partial charge in [0.05, 0.1) is 5.51 Å². The van der Waals surface area contributed by atoms with Crippen molar-refractivity contribution in [1.29, 1.82) is 0 Å². The lowest BCUT2D eigenvalue weighted by molar-refractivity contribution is -0.122. The molecule has 1 heterocycles. The fraction of sp³-hybridized carbons (Fsp3) is 0.333. The first kappa shape index (κ1) is 11.6. The summed E-state index contributed by atoms with van der Waals surface area (Å²) in [7, 11) is 0. The number of aryl methyl sites for hydroxylation is 1. The van der Waals surface area contributed by atoms with E-state index in [9.17, 15) is 4.79 Å². The van der Waals surface area contributed by atoms with E-state index in [1.165, 1.54) is 11.1 Å². The Hall–Kier alpha value is -1.48. The number of rotatable bonds is 3. The number of carbonyl (C=O) groups is 1. The fourth-order valence-corrected chi connectivity index (χ4v) is 3.22. The van der Waals surface area contributed by atoms with Gasteiger partial charge in [-0.2, -0.15) is 0 Å². The first-order chi connectivity index (χ1) is 8.83. The van der Waals surface area contributed by atoms with Crippen molar-refractivity contribution in [3.63, 3.8) is 0 Å². The molecular weight excluding hydrogens is 242 g/mol. The van der Waals surface area contributed by atoms with Crippen LogP contribution < -0.4 is 0 Å². The van der Waals surface area contributed by atoms with E-state index in [0.717, 1.165) is 24.1 Å². The summed E-state index contributed by atoms with van der Waals surface area (Å²) < 4.78 is 0. The highest BCUT2D eigenvalue weighted by molar-refractivity contribution is 7.09. The number of hydrogen-bond donors (Lipinski definition) is 0. The third-order valence-corrected chi connectivity index (χ3v) is 4.41. The molecule has 3 rings (SSSR count). The molecule has 1 unspecified atom stereocenters. The molecule has 2 aromatic rings. The van der Waals surface area contributed by atoms with Crippen molar-refractivity contribution in [3.8, 4) is 0 Å². The molecule has 0 saturated heterocycles. The lowest BCUT2D eigenvalue weighted by Gasteiger charge is -2.23. The Balaban J connectivity index is 1.70. The molecule has 0 radical (unpaired) electrons. The van der Waals surface area contributed by atoms with Crippen molar-refractivity contribution in [2.45, 2.75) is 25.7 Å². The van der Waals surface area contributed by atoms with E-state index in [0.29, 0.717) is 12.2 Å². The molecule has 0 saturated carbocycles. The zero-order valence-electron chi connectivity index (χ0n) is 10.1. The number of thiazole rings is 1. The van der Waals surface area contributed by atoms with Crippen LogP contribution in [-0.4, -0.2) is 10.8 Å². The van der Waals surface area contributed by atoms with Crippen LogP contribution in [0.4, 0.5) is 0 Å². The molecule has 1 aliphatic carbocycles. The van der Waals surface area contributed by atoms with Gasteiger partial charge >= 0.3 is 0 Å². The topological polar surface area (TPSA) is 30.0 Å². The van der Waals surface area contributed by atoms with Crippen LogP contribution in [0.5, 0.6) is 0 Å². The molecule has 1 aromatic carbocycles. The Kier molecular flexibility index (Phi) is 3.24. The number of ketones is 1. The van der Waals surface area contributed by atoms with Gasteiger partial charge in [0.15, 0.2) is 0 Å². The summed E-state index contributed by atoms with van der Waals surface area (Å²) in [5, 5.41) is 0. The molecule has 0 fully saturated rings. The van der Waals surface area contributed by atoms with E-state index in [1.54, 1.807) is 23.0 Å². The molecule has 0 aliphatic heterocycles. The molecule has 2 nitrogen and oxygen atoms in total. The van der Waals surface area contributed by atoms with Crippen LogP contribution in [-0.2, 0) is 24.1 Å². The van der Waals surface area contributed by atoms with E-state index in [2.05, 4.69) is 29.2 Å². The maximum absolute atomic E-state index is 12.3. The summed E-state index contributed by atoms with van der Waals surface area (Å²) in [5.41, 5.74) is 4.56. The van der Waals surface area contributed by atoms with Gasteiger partial charge in [-0.15, -0.1) is 11.3 Å². The summed E-state index contributed by atoms with van der Waals surface area (Å²) in [5.74, 6) is 0.566. The Morgan fingerprint density at radius 1 is 1.33 bits per heavy atom. The van der Waals surface area contributed by atoms with Crippen LogP contribution in [0.3, 0.4) is 0 Å². The highest BCUT2D eigenvalue weighted by Crippen LogP contribution is 2.27. The predicted molar refractivity (Wildman–Crippen MR) is 72.8 cm³/mol. The second-order valence-electron chi connectivity index (χ2n) is 4.82. The zero-order valence-corrected chi connectivity index (χ0v) is 11.0. The molecule has 1 aromatic heterocycles. The average Bonchev–Trinajstić information content (AvgIpc) is 2.91. The quantitative estimate of drug-likeness (QED) is 0.846. The van der Waals surface area contributed by atoms with Crippen LogP contribution in [0.1, 0.15) is 22.4 Å². The summed E-state index contributed by atoms with van der Waals surface area (Å²) in [6, 6.07) is 8.48. The second-order valence-corrected chi connectivity index (χ2v) is 5.79. The molecule has 1 aliphatic rings. The molecular formula is C15H15NOS.